The molecule has 58 N–H and O–H groups in total. The highest BCUT2D eigenvalue weighted by molar-refractivity contribution is 5.83. The fourth-order valence-electron chi connectivity index (χ4n) is 11.0. The van der Waals surface area contributed by atoms with Crippen molar-refractivity contribution in [3.8, 4) is 0 Å². The van der Waals surface area contributed by atoms with Crippen LogP contribution >= 0.6 is 0 Å². The molecule has 0 aliphatic rings. The first-order valence-electron chi connectivity index (χ1n) is 46.0. The lowest BCUT2D eigenvalue weighted by atomic mass is 9.95. The number of aliphatic carboxylic acids is 8. The summed E-state index contributed by atoms with van der Waals surface area (Å²) in [5.41, 5.74) is 55.9. The van der Waals surface area contributed by atoms with Gasteiger partial charge in [-0.3, -0.25) is 9.59 Å². The summed E-state index contributed by atoms with van der Waals surface area (Å²) in [6.45, 7) is 10.5. The molecule has 0 saturated carbocycles. The molecule has 0 saturated heterocycles. The van der Waals surface area contributed by atoms with Crippen molar-refractivity contribution >= 4 is 59.6 Å². The second-order valence-corrected chi connectivity index (χ2v) is 32.8. The van der Waals surface area contributed by atoms with Gasteiger partial charge in [0.15, 0.2) is 50.4 Å². The number of unbranched alkanes of at least 4 members (excludes halogenated alkanes) is 18. The summed E-state index contributed by atoms with van der Waals surface area (Å²) in [4.78, 5) is 107. The Labute approximate surface area is 834 Å². The number of rotatable bonds is 72. The van der Waals surface area contributed by atoms with E-state index >= 15 is 0 Å². The number of carbonyl (C=O) groups excluding carboxylic acids is 2. The topological polar surface area (TPSA) is 858 Å². The van der Waals surface area contributed by atoms with Gasteiger partial charge in [-0.1, -0.05) is 103 Å². The maximum atomic E-state index is 12.2. The molecule has 0 bridgehead atoms. The largest absolute Gasteiger partial charge is 1.00 e. The number of carbonyl (C=O) groups is 10. The lowest BCUT2D eigenvalue weighted by Gasteiger charge is -2.22. The van der Waals surface area contributed by atoms with Crippen LogP contribution in [0.5, 0.6) is 0 Å². The van der Waals surface area contributed by atoms with Gasteiger partial charge in [0.1, 0.15) is 0 Å². The smallest absolute Gasteiger partial charge is 0.329 e. The number of quaternary nitrogens is 11. The van der Waals surface area contributed by atoms with Gasteiger partial charge in [0.2, 0.25) is 5.91 Å². The predicted octanol–water partition coefficient (Wildman–Crippen LogP) is -15.5. The average Bonchev–Trinajstić information content (AvgIpc) is 0.895. The van der Waals surface area contributed by atoms with Gasteiger partial charge in [-0.15, -0.1) is 0 Å². The fourth-order valence-corrected chi connectivity index (χ4v) is 11.0. The minimum Gasteiger partial charge on any atom is -1.00 e. The number of amides is 2. The van der Waals surface area contributed by atoms with Crippen molar-refractivity contribution in [3.63, 3.8) is 0 Å². The zero-order chi connectivity index (χ0) is 108. The molecule has 0 aliphatic carbocycles. The van der Waals surface area contributed by atoms with Crippen molar-refractivity contribution in [2.24, 2.45) is 45.9 Å². The van der Waals surface area contributed by atoms with Crippen LogP contribution in [0.3, 0.4) is 0 Å². The Kier molecular flexibility index (Phi) is 112. The van der Waals surface area contributed by atoms with Gasteiger partial charge in [0, 0.05) is 32.4 Å². The highest BCUT2D eigenvalue weighted by Gasteiger charge is 2.49. The van der Waals surface area contributed by atoms with E-state index in [0.29, 0.717) is 65.3 Å². The van der Waals surface area contributed by atoms with E-state index in [9.17, 15) is 118 Å². The number of nitrogens with two attached hydrogens (primary N) is 9. The number of halogens is 20. The van der Waals surface area contributed by atoms with Crippen LogP contribution in [0, 0.1) is 0 Å². The van der Waals surface area contributed by atoms with Crippen molar-refractivity contribution in [1.29, 1.82) is 0 Å². The molecule has 0 radical (unpaired) electrons. The molecule has 39 nitrogen and oxygen atoms in total. The number of hydrogen-bond acceptors (Lipinski definition) is 18. The highest BCUT2D eigenvalue weighted by atomic mass is 35.5. The first kappa shape index (κ1) is 162. The van der Waals surface area contributed by atoms with Crippen LogP contribution in [-0.4, -0.2) is 287 Å². The summed E-state index contributed by atoms with van der Waals surface area (Å²) in [5, 5.41) is 75.7. The second-order valence-electron chi connectivity index (χ2n) is 32.8. The van der Waals surface area contributed by atoms with E-state index in [1.165, 1.54) is 129 Å². The fraction of sp³-hybridized carbons (Fsp3) is 0.877. The summed E-state index contributed by atoms with van der Waals surface area (Å²) >= 11 is 0. The molecule has 0 rings (SSSR count). The van der Waals surface area contributed by atoms with E-state index in [1.807, 2.05) is 0 Å². The SMILES string of the molecule is CCCCCCCCCCCCCCCC(=O)NCCCC[C@@H]([NH3+])C(=O)NCCCCCCCC[NH2+]CCC[NH3+].NC(CCC[NH3+])(C(=O)O)C(F)F.NC(CCC[NH3+])(C(=O)O)C(F)F.NC(CCC[NH3+])(C(=O)O)C(F)F.NC(CCC[NH3+])(C(=O)O)C(F)F.NC(CCC[NH3+])(C(=O)O)C(F)F.NC(CCC[NH3+])(C(=O)O)C(F)F.NC(CCC[NH3+])(C(=O)O)C(F)F.NC(CCC[NH3+])(C(=O)O)C(F)F.[Cl-].[Cl-].[Cl-].[Cl-]. The van der Waals surface area contributed by atoms with E-state index in [-0.39, 0.29) is 170 Å². The quantitative estimate of drug-likeness (QED) is 0.0199. The number of nitrogens with one attached hydrogen (secondary N) is 2. The Morgan fingerprint density at radius 3 is 0.621 bits per heavy atom. The average molecular weight is 2180 g/mol. The molecule has 140 heavy (non-hydrogen) atoms. The highest BCUT2D eigenvalue weighted by Crippen LogP contribution is 2.26. The van der Waals surface area contributed by atoms with Crippen LogP contribution in [0.4, 0.5) is 70.2 Å². The lowest BCUT2D eigenvalue weighted by Crippen LogP contribution is -3.00. The Bertz CT molecular complexity index is 2650. The summed E-state index contributed by atoms with van der Waals surface area (Å²) in [5.74, 6) is -13.0. The molecule has 0 heterocycles. The third-order valence-corrected chi connectivity index (χ3v) is 21.0. The molecule has 8 unspecified atom stereocenters. The van der Waals surface area contributed by atoms with Gasteiger partial charge in [-0.2, -0.15) is 0 Å². The minimum atomic E-state index is -3.04. The van der Waals surface area contributed by atoms with Crippen LogP contribution in [0.25, 0.3) is 0 Å². The van der Waals surface area contributed by atoms with Gasteiger partial charge in [0.25, 0.3) is 57.3 Å². The number of carboxylic acids is 8. The van der Waals surface area contributed by atoms with Gasteiger partial charge >= 0.3 is 47.8 Å². The first-order valence-corrected chi connectivity index (χ1v) is 46.0. The summed E-state index contributed by atoms with van der Waals surface area (Å²) in [6, 6.07) is -0.193. The molecule has 0 aromatic rings. The van der Waals surface area contributed by atoms with Crippen LogP contribution < -0.4 is 169 Å². The van der Waals surface area contributed by atoms with Crippen molar-refractivity contribution in [3.05, 3.63) is 0 Å². The minimum absolute atomic E-state index is 0. The molecule has 9 atom stereocenters. The Hall–Kier alpha value is -6.02. The standard InChI is InChI=1S/C33H69N5O2.8C6H12F2N2O2.4ClH/c1-2-3-4-5-6-7-8-9-10-11-12-15-18-25-32(39)37-29-22-19-24-31(35)33(40)38-30-21-17-14-13-16-20-27-36-28-23-26-34;8*7-4(8)6(10,5(11)12)2-1-3-9;;;;/h31,36H,2-30,34-35H2,1H3,(H,37,39)(H,38,40);8*4H,1-3,9-10H2,(H,11,12);4*1H/p+7/t31-;;;;;;;;;;;;/m1............/s1. The van der Waals surface area contributed by atoms with Crippen LogP contribution in [-0.2, 0) is 47.9 Å². The second kappa shape index (κ2) is 96.4. The lowest BCUT2D eigenvalue weighted by molar-refractivity contribution is -0.657. The Morgan fingerprint density at radius 1 is 0.257 bits per heavy atom. The third kappa shape index (κ3) is 77.5. The zero-order valence-electron chi connectivity index (χ0n) is 81.2. The van der Waals surface area contributed by atoms with Gasteiger partial charge in [-0.25, -0.2) is 109 Å². The molecule has 0 aliphatic heterocycles. The van der Waals surface area contributed by atoms with Gasteiger partial charge in [-0.05, 0) is 141 Å². The van der Waals surface area contributed by atoms with Crippen LogP contribution in [0.2, 0.25) is 0 Å². The van der Waals surface area contributed by atoms with Crippen molar-refractivity contribution < 1.29 is 271 Å². The molecule has 846 valence electrons. The van der Waals surface area contributed by atoms with E-state index in [1.54, 1.807) is 0 Å². The molecule has 0 aromatic carbocycles. The van der Waals surface area contributed by atoms with E-state index < -0.39 is 143 Å². The van der Waals surface area contributed by atoms with Gasteiger partial charge in [0.05, 0.1) is 72.0 Å². The Morgan fingerprint density at radius 2 is 0.429 bits per heavy atom. The normalized spacial score (nSPS) is 14.4. The summed E-state index contributed by atoms with van der Waals surface area (Å²) in [7, 11) is 0. The van der Waals surface area contributed by atoms with Crippen LogP contribution in [0.15, 0.2) is 0 Å². The molecule has 59 heteroatoms. The molecule has 2 amide bonds. The molecular formula is C81H176Cl4F16N21O18+7. The molecular weight excluding hydrogens is 2000 g/mol. The van der Waals surface area contributed by atoms with Crippen molar-refractivity contribution in [2.75, 3.05) is 85.1 Å². The Balaban J connectivity index is -0.000000124. The van der Waals surface area contributed by atoms with E-state index in [4.69, 9.17) is 86.7 Å². The maximum Gasteiger partial charge on any atom is 0.329 e. The number of carboxylic acid groups (broad SMARTS) is 8. The first-order chi connectivity index (χ1) is 63.2. The maximum absolute atomic E-state index is 12.2. The predicted molar refractivity (Wildman–Crippen MR) is 469 cm³/mol. The molecule has 0 aromatic heterocycles. The molecule has 0 fully saturated rings. The molecule has 0 spiro atoms. The van der Waals surface area contributed by atoms with Crippen LogP contribution in [0.1, 0.15) is 264 Å². The van der Waals surface area contributed by atoms with E-state index in [0.717, 1.165) is 45.2 Å². The summed E-state index contributed by atoms with van der Waals surface area (Å²) < 4.78 is 194. The zero-order valence-corrected chi connectivity index (χ0v) is 84.2. The van der Waals surface area contributed by atoms with Gasteiger partial charge < -0.3 is 210 Å². The third-order valence-electron chi connectivity index (χ3n) is 21.0. The summed E-state index contributed by atoms with van der Waals surface area (Å²) in [6.07, 6.45) is 5.13. The number of alkyl halides is 16. The van der Waals surface area contributed by atoms with Crippen molar-refractivity contribution in [2.45, 2.75) is 366 Å². The number of hydrogen-bond donors (Lipinski definition) is 29. The monoisotopic (exact) mass is 2180 g/mol. The van der Waals surface area contributed by atoms with Crippen molar-refractivity contribution in [1.82, 2.24) is 10.6 Å². The van der Waals surface area contributed by atoms with E-state index in [2.05, 4.69) is 80.2 Å².